The van der Waals surface area contributed by atoms with Crippen molar-refractivity contribution in [3.8, 4) is 0 Å². The van der Waals surface area contributed by atoms with Crippen LogP contribution in [-0.4, -0.2) is 53.6 Å². The van der Waals surface area contributed by atoms with Crippen molar-refractivity contribution in [2.24, 2.45) is 11.8 Å². The third-order valence-electron chi connectivity index (χ3n) is 9.80. The molecule has 1 spiro atoms. The number of hydrogen-bond acceptors (Lipinski definition) is 5. The van der Waals surface area contributed by atoms with Crippen LogP contribution in [0.3, 0.4) is 0 Å². The van der Waals surface area contributed by atoms with Crippen LogP contribution in [0.1, 0.15) is 86.6 Å². The number of benzene rings is 1. The molecule has 4 atom stereocenters. The van der Waals surface area contributed by atoms with Gasteiger partial charge >= 0.3 is 6.18 Å². The largest absolute Gasteiger partial charge is 0.542 e. The number of piperidine rings is 1. The third-order valence-corrected chi connectivity index (χ3v) is 9.80. The molecule has 1 saturated carbocycles. The third kappa shape index (κ3) is 6.17. The van der Waals surface area contributed by atoms with E-state index in [9.17, 15) is 18.0 Å². The van der Waals surface area contributed by atoms with Gasteiger partial charge in [0.2, 0.25) is 5.91 Å². The molecule has 224 valence electrons. The minimum atomic E-state index is -5.19. The summed E-state index contributed by atoms with van der Waals surface area (Å²) in [5.74, 6) is 0.450. The molecule has 7 nitrogen and oxygen atoms in total. The van der Waals surface area contributed by atoms with Gasteiger partial charge in [-0.25, -0.2) is 4.98 Å². The molecule has 1 aromatic heterocycles. The second kappa shape index (κ2) is 12.2. The van der Waals surface area contributed by atoms with Crippen LogP contribution >= 0.6 is 0 Å². The lowest BCUT2D eigenvalue weighted by Gasteiger charge is -2.46. The normalized spacial score (nSPS) is 28.6. The van der Waals surface area contributed by atoms with Crippen LogP contribution in [0.4, 0.5) is 13.2 Å². The summed E-state index contributed by atoms with van der Waals surface area (Å²) in [6.45, 7) is 4.71. The topological polar surface area (TPSA) is 103 Å². The van der Waals surface area contributed by atoms with Gasteiger partial charge in [-0.2, -0.15) is 13.2 Å². The summed E-state index contributed by atoms with van der Waals surface area (Å²) in [6.07, 6.45) is 6.70. The van der Waals surface area contributed by atoms with Crippen LogP contribution in [-0.2, 0) is 21.4 Å². The van der Waals surface area contributed by atoms with Crippen molar-refractivity contribution in [2.75, 3.05) is 19.6 Å². The highest BCUT2D eigenvalue weighted by Crippen LogP contribution is 2.46. The fraction of sp³-hybridized carbons (Fsp3) is 0.645. The van der Waals surface area contributed by atoms with E-state index in [0.29, 0.717) is 23.8 Å². The van der Waals surface area contributed by atoms with Crippen LogP contribution < -0.4 is 10.4 Å². The second-order valence-corrected chi connectivity index (χ2v) is 12.2. The van der Waals surface area contributed by atoms with Crippen LogP contribution in [0.5, 0.6) is 0 Å². The smallest absolute Gasteiger partial charge is 0.430 e. The van der Waals surface area contributed by atoms with Gasteiger partial charge in [0.05, 0.1) is 24.2 Å². The summed E-state index contributed by atoms with van der Waals surface area (Å²) in [6, 6.07) is 11.4. The standard InChI is InChI=1S/C29H39N3O2.C2HF3O2/c1-20-31-27-26(34-20)13-8-15-29(27)19-30-18-24(29)28(33)32-16-14-23(21-9-4-2-5-10-21)17-25(32)22-11-6-3-7-12-22;3-2(4,5)1(6)7/h2,4-5,9-10,22-25,30H,3,6-8,11-19H2,1H3;(H,6,7)/t23-,24+,25+,29-;/m1./s1. The number of carbonyl (C=O) groups excluding carboxylic acids is 2. The zero-order valence-electron chi connectivity index (χ0n) is 23.6. The first kappa shape index (κ1) is 29.6. The number of halogens is 3. The predicted molar refractivity (Wildman–Crippen MR) is 143 cm³/mol. The van der Waals surface area contributed by atoms with Crippen molar-refractivity contribution >= 4 is 11.9 Å². The van der Waals surface area contributed by atoms with Crippen molar-refractivity contribution in [3.05, 3.63) is 53.2 Å². The van der Waals surface area contributed by atoms with Crippen LogP contribution in [0, 0.1) is 18.8 Å². The Balaban J connectivity index is 0.000000431. The number of hydrogen-bond donors (Lipinski definition) is 1. The minimum Gasteiger partial charge on any atom is -0.542 e. The Morgan fingerprint density at radius 2 is 1.80 bits per heavy atom. The van der Waals surface area contributed by atoms with Crippen molar-refractivity contribution in [1.29, 1.82) is 0 Å². The maximum absolute atomic E-state index is 14.4. The average molecular weight is 576 g/mol. The lowest BCUT2D eigenvalue weighted by Crippen LogP contribution is -2.82. The number of aryl methyl sites for hydroxylation is 2. The molecule has 6 rings (SSSR count). The predicted octanol–water partition coefficient (Wildman–Crippen LogP) is 3.40. The molecular weight excluding hydrogens is 535 g/mol. The lowest BCUT2D eigenvalue weighted by molar-refractivity contribution is -0.640. The van der Waals surface area contributed by atoms with Crippen LogP contribution in [0.25, 0.3) is 0 Å². The van der Waals surface area contributed by atoms with E-state index in [4.69, 9.17) is 19.3 Å². The van der Waals surface area contributed by atoms with Gasteiger partial charge in [0.1, 0.15) is 17.6 Å². The number of quaternary nitrogens is 1. The number of nitrogens with two attached hydrogens (primary N) is 1. The first-order valence-corrected chi connectivity index (χ1v) is 15.0. The Kier molecular flexibility index (Phi) is 8.78. The van der Waals surface area contributed by atoms with E-state index in [-0.39, 0.29) is 11.3 Å². The van der Waals surface area contributed by atoms with Crippen molar-refractivity contribution < 1.29 is 37.6 Å². The number of likely N-dealkylation sites (tertiary alicyclic amines) is 1. The zero-order valence-corrected chi connectivity index (χ0v) is 23.6. The van der Waals surface area contributed by atoms with Gasteiger partial charge in [-0.15, -0.1) is 0 Å². The average Bonchev–Trinajstić information content (AvgIpc) is 3.57. The van der Waals surface area contributed by atoms with Crippen LogP contribution in [0.15, 0.2) is 34.7 Å². The number of rotatable bonds is 3. The quantitative estimate of drug-likeness (QED) is 0.605. The molecule has 0 unspecified atom stereocenters. The first-order valence-electron chi connectivity index (χ1n) is 15.0. The molecule has 0 radical (unpaired) electrons. The summed E-state index contributed by atoms with van der Waals surface area (Å²) in [7, 11) is 0. The molecule has 1 amide bonds. The maximum Gasteiger partial charge on any atom is 0.430 e. The highest BCUT2D eigenvalue weighted by molar-refractivity contribution is 5.82. The molecule has 2 aliphatic carbocycles. The Labute approximate surface area is 238 Å². The Morgan fingerprint density at radius 1 is 1.10 bits per heavy atom. The SMILES string of the molecule is Cc1nc2c(o1)CCC[C@]21C[NH2+]C[C@H]1C(=O)N1CC[C@@H](c2ccccc2)C[C@H]1C1CCCCC1.O=C([O-])C(F)(F)F. The van der Waals surface area contributed by atoms with E-state index in [1.165, 1.54) is 37.7 Å². The molecule has 4 aliphatic rings. The molecule has 2 aromatic rings. The molecule has 41 heavy (non-hydrogen) atoms. The number of carboxylic acids is 1. The molecule has 1 aromatic carbocycles. The highest BCUT2D eigenvalue weighted by Gasteiger charge is 2.57. The van der Waals surface area contributed by atoms with Gasteiger partial charge in [-0.1, -0.05) is 49.6 Å². The molecular formula is C31H40F3N3O4. The van der Waals surface area contributed by atoms with E-state index in [1.807, 2.05) is 6.92 Å². The summed E-state index contributed by atoms with van der Waals surface area (Å²) >= 11 is 0. The van der Waals surface area contributed by atoms with Crippen LogP contribution in [0.2, 0.25) is 0 Å². The first-order chi connectivity index (χ1) is 19.6. The summed E-state index contributed by atoms with van der Waals surface area (Å²) in [5.41, 5.74) is 2.42. The molecule has 3 heterocycles. The molecule has 2 N–H and O–H groups in total. The van der Waals surface area contributed by atoms with E-state index in [2.05, 4.69) is 40.5 Å². The number of aliphatic carboxylic acids is 1. The van der Waals surface area contributed by atoms with Crippen molar-refractivity contribution in [1.82, 2.24) is 9.88 Å². The fourth-order valence-electron chi connectivity index (χ4n) is 7.93. The molecule has 10 heteroatoms. The number of fused-ring (bicyclic) bond motifs is 2. The number of nitrogens with zero attached hydrogens (tertiary/aromatic N) is 2. The number of alkyl halides is 3. The Bertz CT molecular complexity index is 1210. The van der Waals surface area contributed by atoms with Gasteiger partial charge in [0.15, 0.2) is 5.89 Å². The van der Waals surface area contributed by atoms with E-state index >= 15 is 0 Å². The second-order valence-electron chi connectivity index (χ2n) is 12.2. The van der Waals surface area contributed by atoms with Gasteiger partial charge in [0.25, 0.3) is 0 Å². The minimum absolute atomic E-state index is 0.0235. The number of oxazole rings is 1. The van der Waals surface area contributed by atoms with Gasteiger partial charge in [-0.05, 0) is 55.9 Å². The molecule has 3 fully saturated rings. The summed E-state index contributed by atoms with van der Waals surface area (Å²) < 4.78 is 37.5. The van der Waals surface area contributed by atoms with E-state index in [1.54, 1.807) is 0 Å². The van der Waals surface area contributed by atoms with Gasteiger partial charge in [-0.3, -0.25) is 4.79 Å². The van der Waals surface area contributed by atoms with Crippen molar-refractivity contribution in [2.45, 2.75) is 94.7 Å². The fourth-order valence-corrected chi connectivity index (χ4v) is 7.93. The Morgan fingerprint density at radius 3 is 2.49 bits per heavy atom. The van der Waals surface area contributed by atoms with E-state index < -0.39 is 12.1 Å². The number of amides is 1. The lowest BCUT2D eigenvalue weighted by atomic mass is 9.67. The van der Waals surface area contributed by atoms with Crippen molar-refractivity contribution in [3.63, 3.8) is 0 Å². The van der Waals surface area contributed by atoms with E-state index in [0.717, 1.165) is 69.1 Å². The van der Waals surface area contributed by atoms with Gasteiger partial charge < -0.3 is 24.5 Å². The summed E-state index contributed by atoms with van der Waals surface area (Å²) in [4.78, 5) is 30.4. The highest BCUT2D eigenvalue weighted by atomic mass is 19.4. The monoisotopic (exact) mass is 575 g/mol. The Hall–Kier alpha value is -2.88. The molecule has 2 saturated heterocycles. The molecule has 2 aliphatic heterocycles. The molecule has 0 bridgehead atoms. The van der Waals surface area contributed by atoms with Gasteiger partial charge in [0, 0.05) is 25.9 Å². The number of aromatic nitrogens is 1. The zero-order chi connectivity index (χ0) is 29.2. The summed E-state index contributed by atoms with van der Waals surface area (Å²) in [5, 5.41) is 11.2. The number of carbonyl (C=O) groups is 2. The maximum atomic E-state index is 14.4. The number of carboxylic acid groups (broad SMARTS) is 1.